The topological polar surface area (TPSA) is 52.8 Å². The summed E-state index contributed by atoms with van der Waals surface area (Å²) in [7, 11) is 3.19. The van der Waals surface area contributed by atoms with Crippen LogP contribution in [0.5, 0.6) is 11.5 Å². The molecule has 1 amide bonds. The molecule has 0 radical (unpaired) electrons. The molecule has 3 aromatic rings. The van der Waals surface area contributed by atoms with Crippen molar-refractivity contribution in [2.24, 2.45) is 4.99 Å². The molecule has 2 aromatic heterocycles. The van der Waals surface area contributed by atoms with E-state index in [1.54, 1.807) is 26.4 Å². The highest BCUT2D eigenvalue weighted by atomic mass is 32.1. The van der Waals surface area contributed by atoms with Crippen molar-refractivity contribution in [2.45, 2.75) is 6.54 Å². The number of thiophene rings is 1. The van der Waals surface area contributed by atoms with Crippen molar-refractivity contribution < 1.29 is 14.3 Å². The van der Waals surface area contributed by atoms with Crippen LogP contribution >= 0.6 is 22.7 Å². The van der Waals surface area contributed by atoms with Gasteiger partial charge in [0.25, 0.3) is 5.91 Å². The second-order valence-electron chi connectivity index (χ2n) is 4.85. The number of carbonyl (C=O) groups excluding carboxylic acids is 1. The molecule has 0 saturated heterocycles. The van der Waals surface area contributed by atoms with Gasteiger partial charge in [0, 0.05) is 18.7 Å². The Morgan fingerprint density at radius 1 is 1.33 bits per heavy atom. The lowest BCUT2D eigenvalue weighted by Crippen LogP contribution is -2.16. The maximum Gasteiger partial charge on any atom is 0.289 e. The van der Waals surface area contributed by atoms with E-state index >= 15 is 0 Å². The Balaban J connectivity index is 2.22. The Kier molecular flexibility index (Phi) is 4.82. The maximum absolute atomic E-state index is 12.3. The zero-order valence-corrected chi connectivity index (χ0v) is 14.9. The Morgan fingerprint density at radius 3 is 2.71 bits per heavy atom. The summed E-state index contributed by atoms with van der Waals surface area (Å²) in [5.74, 6) is 1.04. The largest absolute Gasteiger partial charge is 0.493 e. The van der Waals surface area contributed by atoms with Gasteiger partial charge in [0.15, 0.2) is 16.3 Å². The molecule has 0 atom stereocenters. The molecule has 24 heavy (non-hydrogen) atoms. The molecule has 0 aliphatic rings. The predicted octanol–water partition coefficient (Wildman–Crippen LogP) is 3.71. The summed E-state index contributed by atoms with van der Waals surface area (Å²) in [5, 5.41) is 1.86. The minimum Gasteiger partial charge on any atom is -0.493 e. The molecule has 0 aliphatic carbocycles. The van der Waals surface area contributed by atoms with E-state index in [0.717, 1.165) is 10.2 Å². The number of hydrogen-bond donors (Lipinski definition) is 0. The molecule has 5 nitrogen and oxygen atoms in total. The number of nitrogens with zero attached hydrogens (tertiary/aromatic N) is 2. The van der Waals surface area contributed by atoms with Crippen LogP contribution in [0.25, 0.3) is 10.2 Å². The molecular weight excluding hydrogens is 344 g/mol. The lowest BCUT2D eigenvalue weighted by molar-refractivity contribution is 0.100. The first-order chi connectivity index (χ1) is 11.7. The highest BCUT2D eigenvalue weighted by molar-refractivity contribution is 7.16. The minimum atomic E-state index is -0.242. The SMILES string of the molecule is C=CCn1c(=NC(=O)c2cccs2)sc2cc(OC)c(OC)cc21. The maximum atomic E-state index is 12.3. The van der Waals surface area contributed by atoms with E-state index in [2.05, 4.69) is 11.6 Å². The van der Waals surface area contributed by atoms with Gasteiger partial charge >= 0.3 is 0 Å². The van der Waals surface area contributed by atoms with Crippen LogP contribution in [0.1, 0.15) is 9.67 Å². The number of ether oxygens (including phenoxy) is 2. The fourth-order valence-corrected chi connectivity index (χ4v) is 3.99. The fraction of sp³-hybridized carbons (Fsp3) is 0.176. The van der Waals surface area contributed by atoms with Gasteiger partial charge in [-0.3, -0.25) is 4.79 Å². The van der Waals surface area contributed by atoms with Crippen molar-refractivity contribution in [3.05, 3.63) is 52.0 Å². The first kappa shape index (κ1) is 16.5. The van der Waals surface area contributed by atoms with Crippen LogP contribution in [0.2, 0.25) is 0 Å². The summed E-state index contributed by atoms with van der Waals surface area (Å²) in [6, 6.07) is 7.40. The van der Waals surface area contributed by atoms with Crippen molar-refractivity contribution in [3.63, 3.8) is 0 Å². The van der Waals surface area contributed by atoms with Gasteiger partial charge in [-0.2, -0.15) is 4.99 Å². The van der Waals surface area contributed by atoms with Gasteiger partial charge in [-0.05, 0) is 11.4 Å². The Hall–Kier alpha value is -2.38. The van der Waals surface area contributed by atoms with E-state index < -0.39 is 0 Å². The van der Waals surface area contributed by atoms with Gasteiger partial charge in [0.1, 0.15) is 0 Å². The number of thiazole rings is 1. The summed E-state index contributed by atoms with van der Waals surface area (Å²) in [6.45, 7) is 4.34. The third-order valence-electron chi connectivity index (χ3n) is 3.43. The third kappa shape index (κ3) is 3.00. The van der Waals surface area contributed by atoms with Crippen LogP contribution in [-0.2, 0) is 6.54 Å². The Labute approximate surface area is 147 Å². The number of benzene rings is 1. The number of fused-ring (bicyclic) bond motifs is 1. The molecule has 7 heteroatoms. The first-order valence-corrected chi connectivity index (χ1v) is 8.86. The first-order valence-electron chi connectivity index (χ1n) is 7.16. The summed E-state index contributed by atoms with van der Waals surface area (Å²) < 4.78 is 13.6. The predicted molar refractivity (Wildman–Crippen MR) is 97.3 cm³/mol. The lowest BCUT2D eigenvalue weighted by Gasteiger charge is -2.08. The molecule has 0 saturated carbocycles. The average Bonchev–Trinajstić information content (AvgIpc) is 3.23. The van der Waals surface area contributed by atoms with E-state index in [1.807, 2.05) is 28.1 Å². The van der Waals surface area contributed by atoms with Crippen LogP contribution in [0, 0.1) is 0 Å². The normalized spacial score (nSPS) is 11.7. The minimum absolute atomic E-state index is 0.242. The van der Waals surface area contributed by atoms with Gasteiger partial charge in [-0.15, -0.1) is 17.9 Å². The van der Waals surface area contributed by atoms with Crippen LogP contribution in [0.4, 0.5) is 0 Å². The third-order valence-corrected chi connectivity index (χ3v) is 5.33. The number of hydrogen-bond acceptors (Lipinski definition) is 5. The lowest BCUT2D eigenvalue weighted by atomic mass is 10.3. The molecule has 0 N–H and O–H groups in total. The Bertz CT molecular complexity index is 952. The summed E-state index contributed by atoms with van der Waals surface area (Å²) >= 11 is 2.82. The quantitative estimate of drug-likeness (QED) is 0.652. The highest BCUT2D eigenvalue weighted by Crippen LogP contribution is 2.33. The highest BCUT2D eigenvalue weighted by Gasteiger charge is 2.13. The molecule has 0 unspecified atom stereocenters. The van der Waals surface area contributed by atoms with Crippen LogP contribution in [-0.4, -0.2) is 24.7 Å². The number of methoxy groups -OCH3 is 2. The van der Waals surface area contributed by atoms with Crippen molar-refractivity contribution in [1.29, 1.82) is 0 Å². The second-order valence-corrected chi connectivity index (χ2v) is 6.81. The molecule has 0 fully saturated rings. The van der Waals surface area contributed by atoms with E-state index in [0.29, 0.717) is 27.7 Å². The van der Waals surface area contributed by atoms with E-state index in [-0.39, 0.29) is 5.91 Å². The molecule has 2 heterocycles. The van der Waals surface area contributed by atoms with Gasteiger partial charge in [0.05, 0.1) is 29.3 Å². The van der Waals surface area contributed by atoms with Crippen molar-refractivity contribution >= 4 is 38.8 Å². The average molecular weight is 360 g/mol. The number of rotatable bonds is 5. The fourth-order valence-electron chi connectivity index (χ4n) is 2.33. The van der Waals surface area contributed by atoms with Crippen LogP contribution < -0.4 is 14.3 Å². The number of amides is 1. The van der Waals surface area contributed by atoms with Crippen LogP contribution in [0.3, 0.4) is 0 Å². The van der Waals surface area contributed by atoms with E-state index in [1.165, 1.54) is 22.7 Å². The molecule has 3 rings (SSSR count). The van der Waals surface area contributed by atoms with Crippen LogP contribution in [0.15, 0.2) is 47.3 Å². The van der Waals surface area contributed by atoms with E-state index in [9.17, 15) is 4.79 Å². The summed E-state index contributed by atoms with van der Waals surface area (Å²) in [5.41, 5.74) is 0.926. The summed E-state index contributed by atoms with van der Waals surface area (Å²) in [4.78, 5) is 17.9. The van der Waals surface area contributed by atoms with Gasteiger partial charge in [-0.25, -0.2) is 0 Å². The zero-order chi connectivity index (χ0) is 17.1. The summed E-state index contributed by atoms with van der Waals surface area (Å²) in [6.07, 6.45) is 1.78. The second kappa shape index (κ2) is 7.02. The standard InChI is InChI=1S/C17H16N2O3S2/c1-4-7-19-11-9-12(21-2)13(22-3)10-15(11)24-17(19)18-16(20)14-6-5-8-23-14/h4-6,8-10H,1,7H2,2-3H3. The smallest absolute Gasteiger partial charge is 0.289 e. The van der Waals surface area contributed by atoms with Crippen molar-refractivity contribution in [3.8, 4) is 11.5 Å². The monoisotopic (exact) mass is 360 g/mol. The molecule has 124 valence electrons. The Morgan fingerprint density at radius 2 is 2.08 bits per heavy atom. The molecule has 0 spiro atoms. The molecule has 0 aliphatic heterocycles. The van der Waals surface area contributed by atoms with Gasteiger partial charge < -0.3 is 14.0 Å². The number of allylic oxidation sites excluding steroid dienone is 1. The molecule has 0 bridgehead atoms. The number of aromatic nitrogens is 1. The zero-order valence-electron chi connectivity index (χ0n) is 13.3. The van der Waals surface area contributed by atoms with Gasteiger partial charge in [-0.1, -0.05) is 23.5 Å². The number of carbonyl (C=O) groups is 1. The van der Waals surface area contributed by atoms with Gasteiger partial charge in [0.2, 0.25) is 0 Å². The van der Waals surface area contributed by atoms with Crippen molar-refractivity contribution in [1.82, 2.24) is 4.57 Å². The molecular formula is C17H16N2O3S2. The molecule has 1 aromatic carbocycles. The van der Waals surface area contributed by atoms with Crippen molar-refractivity contribution in [2.75, 3.05) is 14.2 Å². The van der Waals surface area contributed by atoms with E-state index in [4.69, 9.17) is 9.47 Å².